The Hall–Kier alpha value is -2.07. The van der Waals surface area contributed by atoms with Crippen molar-refractivity contribution in [2.75, 3.05) is 13.2 Å². The van der Waals surface area contributed by atoms with Crippen molar-refractivity contribution in [1.29, 1.82) is 0 Å². The number of ether oxygens (including phenoxy) is 2. The van der Waals surface area contributed by atoms with E-state index in [1.54, 1.807) is 0 Å². The number of phosphoric ester groups is 1. The number of phosphoric acid groups is 1. The number of ketones is 1. The molecule has 0 aromatic rings. The van der Waals surface area contributed by atoms with E-state index in [-0.39, 0.29) is 25.7 Å². The topological polar surface area (TPSA) is 174 Å². The van der Waals surface area contributed by atoms with Crippen LogP contribution in [0.3, 0.4) is 0 Å². The molecule has 0 amide bonds. The average Bonchev–Trinajstić information content (AvgIpc) is 2.86. The molecule has 0 aromatic heterocycles. The molecule has 0 heterocycles. The van der Waals surface area contributed by atoms with E-state index < -0.39 is 50.8 Å². The Morgan fingerprint density at radius 1 is 0.692 bits per heavy atom. The largest absolute Gasteiger partial charge is 0.478 e. The minimum absolute atomic E-state index is 0.0759. The van der Waals surface area contributed by atoms with E-state index >= 15 is 0 Å². The maximum atomic E-state index is 12.0. The Labute approximate surface area is 231 Å². The van der Waals surface area contributed by atoms with Gasteiger partial charge in [0, 0.05) is 25.3 Å². The number of carboxylic acid groups (broad SMARTS) is 1. The van der Waals surface area contributed by atoms with Gasteiger partial charge in [0.15, 0.2) is 11.9 Å². The monoisotopic (exact) mass is 578 g/mol. The first kappa shape index (κ1) is 36.9. The van der Waals surface area contributed by atoms with Gasteiger partial charge in [0.05, 0.1) is 6.61 Å². The summed E-state index contributed by atoms with van der Waals surface area (Å²) >= 11 is 0. The van der Waals surface area contributed by atoms with Crippen molar-refractivity contribution in [2.24, 2.45) is 0 Å². The summed E-state index contributed by atoms with van der Waals surface area (Å²) in [7, 11) is -4.84. The molecule has 0 aliphatic carbocycles. The zero-order valence-corrected chi connectivity index (χ0v) is 24.1. The number of carbonyl (C=O) groups excluding carboxylic acids is 3. The van der Waals surface area contributed by atoms with Crippen LogP contribution in [0.15, 0.2) is 12.2 Å². The second kappa shape index (κ2) is 23.8. The van der Waals surface area contributed by atoms with Gasteiger partial charge in [0.2, 0.25) is 0 Å². The fourth-order valence-electron chi connectivity index (χ4n) is 3.74. The summed E-state index contributed by atoms with van der Waals surface area (Å²) < 4.78 is 25.6. The molecule has 0 aromatic carbocycles. The molecule has 0 rings (SSSR count). The molecule has 0 saturated heterocycles. The highest BCUT2D eigenvalue weighted by Crippen LogP contribution is 2.35. The van der Waals surface area contributed by atoms with E-state index in [0.29, 0.717) is 12.5 Å². The van der Waals surface area contributed by atoms with Gasteiger partial charge in [-0.25, -0.2) is 9.36 Å². The Bertz CT molecular complexity index is 776. The fourth-order valence-corrected chi connectivity index (χ4v) is 4.10. The molecule has 1 atom stereocenters. The van der Waals surface area contributed by atoms with Crippen LogP contribution >= 0.6 is 7.82 Å². The normalized spacial score (nSPS) is 12.4. The van der Waals surface area contributed by atoms with Crippen molar-refractivity contribution in [3.63, 3.8) is 0 Å². The van der Waals surface area contributed by atoms with Crippen LogP contribution in [-0.4, -0.2) is 57.9 Å². The van der Waals surface area contributed by atoms with Crippen molar-refractivity contribution >= 4 is 31.5 Å². The number of aliphatic carboxylic acids is 1. The molecule has 226 valence electrons. The molecule has 0 aliphatic heterocycles. The maximum absolute atomic E-state index is 12.0. The fraction of sp³-hybridized carbons (Fsp3) is 0.778. The van der Waals surface area contributed by atoms with Gasteiger partial charge in [-0.15, -0.1) is 0 Å². The smallest absolute Gasteiger partial charge is 0.469 e. The Kier molecular flexibility index (Phi) is 22.5. The molecule has 0 unspecified atom stereocenters. The van der Waals surface area contributed by atoms with Crippen LogP contribution in [0.5, 0.6) is 0 Å². The third-order valence-electron chi connectivity index (χ3n) is 5.86. The van der Waals surface area contributed by atoms with Crippen LogP contribution < -0.4 is 0 Å². The molecule has 39 heavy (non-hydrogen) atoms. The summed E-state index contributed by atoms with van der Waals surface area (Å²) in [5.74, 6) is -3.03. The molecule has 0 aliphatic rings. The minimum Gasteiger partial charge on any atom is -0.478 e. The van der Waals surface area contributed by atoms with Crippen LogP contribution in [0.4, 0.5) is 0 Å². The van der Waals surface area contributed by atoms with E-state index in [4.69, 9.17) is 24.4 Å². The Balaban J connectivity index is 4.13. The molecular weight excluding hydrogens is 531 g/mol. The lowest BCUT2D eigenvalue weighted by atomic mass is 10.0. The number of hydrogen-bond acceptors (Lipinski definition) is 8. The Morgan fingerprint density at radius 2 is 1.21 bits per heavy atom. The predicted octanol–water partition coefficient (Wildman–Crippen LogP) is 5.41. The zero-order chi connectivity index (χ0) is 29.4. The first-order valence-corrected chi connectivity index (χ1v) is 15.6. The number of allylic oxidation sites excluding steroid dienone is 1. The average molecular weight is 579 g/mol. The third kappa shape index (κ3) is 27.3. The summed E-state index contributed by atoms with van der Waals surface area (Å²) in [6.45, 7) is 1.12. The molecule has 0 saturated carbocycles. The number of carboxylic acids is 1. The van der Waals surface area contributed by atoms with Gasteiger partial charge < -0.3 is 24.4 Å². The van der Waals surface area contributed by atoms with Gasteiger partial charge in [-0.1, -0.05) is 84.0 Å². The van der Waals surface area contributed by atoms with Crippen LogP contribution in [0.1, 0.15) is 116 Å². The summed E-state index contributed by atoms with van der Waals surface area (Å²) in [5, 5.41) is 8.50. The number of hydrogen-bond donors (Lipinski definition) is 3. The maximum Gasteiger partial charge on any atom is 0.469 e. The van der Waals surface area contributed by atoms with Gasteiger partial charge in [-0.3, -0.25) is 18.9 Å². The molecule has 12 heteroatoms. The minimum atomic E-state index is -4.84. The van der Waals surface area contributed by atoms with Crippen molar-refractivity contribution in [1.82, 2.24) is 0 Å². The number of rotatable bonds is 26. The van der Waals surface area contributed by atoms with Gasteiger partial charge in [-0.2, -0.15) is 0 Å². The summed E-state index contributed by atoms with van der Waals surface area (Å²) in [6, 6.07) is 0. The lowest BCUT2D eigenvalue weighted by molar-refractivity contribution is -0.161. The summed E-state index contributed by atoms with van der Waals surface area (Å²) in [4.78, 5) is 63.8. The second-order valence-corrected chi connectivity index (χ2v) is 10.8. The first-order chi connectivity index (χ1) is 18.5. The summed E-state index contributed by atoms with van der Waals surface area (Å²) in [6.07, 6.45) is 15.6. The number of carbonyl (C=O) groups is 4. The second-order valence-electron chi connectivity index (χ2n) is 9.57. The van der Waals surface area contributed by atoms with Crippen LogP contribution in [0.25, 0.3) is 0 Å². The van der Waals surface area contributed by atoms with Gasteiger partial charge in [0.1, 0.15) is 6.61 Å². The van der Waals surface area contributed by atoms with Crippen LogP contribution in [0.2, 0.25) is 0 Å². The molecule has 3 N–H and O–H groups in total. The van der Waals surface area contributed by atoms with E-state index in [1.165, 1.54) is 57.8 Å². The molecule has 11 nitrogen and oxygen atoms in total. The quantitative estimate of drug-likeness (QED) is 0.0518. The van der Waals surface area contributed by atoms with Crippen LogP contribution in [0, 0.1) is 0 Å². The lowest BCUT2D eigenvalue weighted by Crippen LogP contribution is -2.29. The van der Waals surface area contributed by atoms with Crippen molar-refractivity contribution in [2.45, 2.75) is 122 Å². The van der Waals surface area contributed by atoms with E-state index in [0.717, 1.165) is 25.3 Å². The van der Waals surface area contributed by atoms with Crippen LogP contribution in [-0.2, 0) is 37.7 Å². The lowest BCUT2D eigenvalue weighted by Gasteiger charge is -2.18. The molecule has 0 radical (unpaired) electrons. The van der Waals surface area contributed by atoms with E-state index in [2.05, 4.69) is 11.4 Å². The predicted molar refractivity (Wildman–Crippen MR) is 145 cm³/mol. The van der Waals surface area contributed by atoms with Crippen molar-refractivity contribution in [3.8, 4) is 0 Å². The van der Waals surface area contributed by atoms with Crippen molar-refractivity contribution in [3.05, 3.63) is 12.2 Å². The highest BCUT2D eigenvalue weighted by atomic mass is 31.2. The molecular formula is C27H47O11P. The van der Waals surface area contributed by atoms with Gasteiger partial charge in [0.25, 0.3) is 0 Å². The molecule has 0 spiro atoms. The standard InChI is InChI=1S/C27H47O11P/c1-2-3-4-5-6-7-8-9-10-11-12-13-14-17-26(31)36-21-24(22-37-39(33,34)35)38-27(32)18-15-16-23(28)19-20-25(29)30/h19-20,24H,2-18,21-22H2,1H3,(H,29,30)(H2,33,34,35)/b20-19+/t24-/m1/s1. The zero-order valence-electron chi connectivity index (χ0n) is 23.2. The van der Waals surface area contributed by atoms with Crippen molar-refractivity contribution < 1.29 is 52.6 Å². The van der Waals surface area contributed by atoms with E-state index in [1.807, 2.05) is 0 Å². The first-order valence-electron chi connectivity index (χ1n) is 14.0. The van der Waals surface area contributed by atoms with E-state index in [9.17, 15) is 23.7 Å². The number of unbranched alkanes of at least 4 members (excludes halogenated alkanes) is 12. The summed E-state index contributed by atoms with van der Waals surface area (Å²) in [5.41, 5.74) is 0. The number of esters is 2. The molecule has 0 bridgehead atoms. The van der Waals surface area contributed by atoms with Gasteiger partial charge >= 0.3 is 25.7 Å². The molecule has 0 fully saturated rings. The SMILES string of the molecule is CCCCCCCCCCCCCCCC(=O)OC[C@H](COP(=O)(O)O)OC(=O)CCCC(=O)/C=C/C(=O)O. The van der Waals surface area contributed by atoms with Gasteiger partial charge in [-0.05, 0) is 18.9 Å². The third-order valence-corrected chi connectivity index (χ3v) is 6.34. The Morgan fingerprint density at radius 3 is 1.72 bits per heavy atom. The highest BCUT2D eigenvalue weighted by Gasteiger charge is 2.23. The highest BCUT2D eigenvalue weighted by molar-refractivity contribution is 7.46.